The molecule has 216 valence electrons. The van der Waals surface area contributed by atoms with E-state index in [0.29, 0.717) is 0 Å². The normalized spacial score (nSPS) is 14.1. The van der Waals surface area contributed by atoms with Crippen molar-refractivity contribution in [2.24, 2.45) is 0 Å². The lowest BCUT2D eigenvalue weighted by Gasteiger charge is -2.31. The first kappa shape index (κ1) is 34.2. The van der Waals surface area contributed by atoms with Gasteiger partial charge in [0, 0.05) is 0 Å². The monoisotopic (exact) mass is 598 g/mol. The summed E-state index contributed by atoms with van der Waals surface area (Å²) in [6, 6.07) is 18.2. The van der Waals surface area contributed by atoms with Crippen molar-refractivity contribution in [1.29, 1.82) is 0 Å². The van der Waals surface area contributed by atoms with Crippen LogP contribution in [-0.4, -0.2) is 36.2 Å². The summed E-state index contributed by atoms with van der Waals surface area (Å²) in [7, 11) is -6.43. The third kappa shape index (κ3) is 7.63. The van der Waals surface area contributed by atoms with Crippen molar-refractivity contribution >= 4 is 29.3 Å². The molecular formula is C24H28F9O3PS. The minimum Gasteiger partial charge on any atom is -0.281 e. The number of hydrogen-bond donors (Lipinski definition) is 1. The zero-order valence-corrected chi connectivity index (χ0v) is 23.0. The maximum Gasteiger partial charge on any atom is 0.460 e. The lowest BCUT2D eigenvalue weighted by atomic mass is 9.87. The standard InChI is InChI=1S/C20H27P.C4HF9O3S/c1-19(2,3)15-7-11-17(12-8-15)21-18-13-9-16(10-14-18)20(4,5)6;5-1(6,3(9,10)11)2(7,8)4(12,13)17(14,15)16/h7-14,21H,1-6H3;(H,14,15,16). The average molecular weight is 599 g/mol. The van der Waals surface area contributed by atoms with Crippen molar-refractivity contribution in [3.63, 3.8) is 0 Å². The molecule has 2 aromatic carbocycles. The molecule has 0 aliphatic heterocycles. The highest BCUT2D eigenvalue weighted by molar-refractivity contribution is 7.87. The van der Waals surface area contributed by atoms with E-state index in [1.807, 2.05) is 0 Å². The minimum absolute atomic E-state index is 0.232. The molecule has 0 saturated carbocycles. The highest BCUT2D eigenvalue weighted by atomic mass is 32.2. The van der Waals surface area contributed by atoms with Gasteiger partial charge in [0.05, 0.1) is 0 Å². The van der Waals surface area contributed by atoms with Gasteiger partial charge in [0.15, 0.2) is 0 Å². The number of rotatable bonds is 5. The molecule has 0 spiro atoms. The largest absolute Gasteiger partial charge is 0.460 e. The van der Waals surface area contributed by atoms with Crippen LogP contribution in [0.15, 0.2) is 48.5 Å². The van der Waals surface area contributed by atoms with Gasteiger partial charge in [-0.2, -0.15) is 47.9 Å². The van der Waals surface area contributed by atoms with Gasteiger partial charge in [-0.1, -0.05) is 98.7 Å². The van der Waals surface area contributed by atoms with Gasteiger partial charge < -0.3 is 0 Å². The number of alkyl halides is 9. The Morgan fingerprint density at radius 3 is 1.08 bits per heavy atom. The molecule has 2 aromatic rings. The lowest BCUT2D eigenvalue weighted by Crippen LogP contribution is -2.63. The maximum absolute atomic E-state index is 12.2. The van der Waals surface area contributed by atoms with Crippen LogP contribution in [0, 0.1) is 0 Å². The molecule has 0 unspecified atom stereocenters. The molecule has 38 heavy (non-hydrogen) atoms. The highest BCUT2D eigenvalue weighted by Crippen LogP contribution is 2.54. The van der Waals surface area contributed by atoms with Crippen molar-refractivity contribution < 1.29 is 52.5 Å². The minimum atomic E-state index is -7.37. The van der Waals surface area contributed by atoms with E-state index >= 15 is 0 Å². The molecule has 0 radical (unpaired) electrons. The van der Waals surface area contributed by atoms with Gasteiger partial charge in [0.25, 0.3) is 0 Å². The molecule has 0 fully saturated rings. The summed E-state index contributed by atoms with van der Waals surface area (Å²) in [5, 5.41) is -4.18. The fourth-order valence-electron chi connectivity index (χ4n) is 2.80. The van der Waals surface area contributed by atoms with Crippen LogP contribution in [0.25, 0.3) is 0 Å². The van der Waals surface area contributed by atoms with E-state index in [1.165, 1.54) is 21.7 Å². The highest BCUT2D eigenvalue weighted by Gasteiger charge is 2.85. The second-order valence-corrected chi connectivity index (χ2v) is 13.3. The summed E-state index contributed by atoms with van der Waals surface area (Å²) in [6.45, 7) is 13.6. The number of halogens is 9. The summed E-state index contributed by atoms with van der Waals surface area (Å²) in [5.74, 6) is -14.7. The van der Waals surface area contributed by atoms with Crippen LogP contribution >= 0.6 is 8.58 Å². The van der Waals surface area contributed by atoms with Gasteiger partial charge in [-0.15, -0.1) is 0 Å². The summed E-state index contributed by atoms with van der Waals surface area (Å²) in [6.07, 6.45) is -7.13. The van der Waals surface area contributed by atoms with Crippen molar-refractivity contribution in [2.75, 3.05) is 0 Å². The van der Waals surface area contributed by atoms with Crippen LogP contribution in [0.3, 0.4) is 0 Å². The van der Waals surface area contributed by atoms with E-state index in [1.54, 1.807) is 0 Å². The van der Waals surface area contributed by atoms with Crippen molar-refractivity contribution in [2.45, 2.75) is 75.6 Å². The first-order chi connectivity index (χ1) is 16.7. The van der Waals surface area contributed by atoms with E-state index in [-0.39, 0.29) is 10.8 Å². The molecule has 0 atom stereocenters. The van der Waals surface area contributed by atoms with Gasteiger partial charge in [0.2, 0.25) is 0 Å². The topological polar surface area (TPSA) is 54.4 Å². The second-order valence-electron chi connectivity index (χ2n) is 10.4. The molecule has 3 nitrogen and oxygen atoms in total. The van der Waals surface area contributed by atoms with E-state index < -0.39 is 33.4 Å². The quantitative estimate of drug-likeness (QED) is 0.225. The predicted molar refractivity (Wildman–Crippen MR) is 130 cm³/mol. The van der Waals surface area contributed by atoms with Crippen LogP contribution in [0.4, 0.5) is 39.5 Å². The molecule has 0 aliphatic rings. The molecule has 0 heterocycles. The molecule has 14 heteroatoms. The molecule has 2 rings (SSSR count). The van der Waals surface area contributed by atoms with Crippen LogP contribution in [0.1, 0.15) is 52.7 Å². The van der Waals surface area contributed by atoms with Crippen LogP contribution in [-0.2, 0) is 20.9 Å². The van der Waals surface area contributed by atoms with Crippen molar-refractivity contribution in [1.82, 2.24) is 0 Å². The number of benzene rings is 2. The Kier molecular flexibility index (Phi) is 9.86. The molecule has 0 bridgehead atoms. The second kappa shape index (κ2) is 11.0. The average Bonchev–Trinajstić information content (AvgIpc) is 2.72. The van der Waals surface area contributed by atoms with E-state index in [9.17, 15) is 47.9 Å². The Morgan fingerprint density at radius 2 is 0.868 bits per heavy atom. The van der Waals surface area contributed by atoms with Crippen LogP contribution < -0.4 is 10.6 Å². The van der Waals surface area contributed by atoms with Gasteiger partial charge in [-0.3, -0.25) is 4.55 Å². The molecular weight excluding hydrogens is 570 g/mol. The Balaban J connectivity index is 0.000000391. The lowest BCUT2D eigenvalue weighted by molar-refractivity contribution is -0.382. The SMILES string of the molecule is CC(C)(C)c1ccc(Pc2ccc(C(C)(C)C)cc2)cc1.O=S(=O)(O)C(F)(F)C(F)(F)C(F)(F)C(F)(F)F. The smallest absolute Gasteiger partial charge is 0.281 e. The fourth-order valence-corrected chi connectivity index (χ4v) is 4.25. The predicted octanol–water partition coefficient (Wildman–Crippen LogP) is 7.21. The van der Waals surface area contributed by atoms with Crippen molar-refractivity contribution in [3.8, 4) is 0 Å². The molecule has 0 aliphatic carbocycles. The van der Waals surface area contributed by atoms with Gasteiger partial charge >= 0.3 is 33.4 Å². The van der Waals surface area contributed by atoms with Crippen molar-refractivity contribution in [3.05, 3.63) is 59.7 Å². The Bertz CT molecular complexity index is 1120. The zero-order chi connectivity index (χ0) is 30.2. The third-order valence-electron chi connectivity index (χ3n) is 5.23. The Hall–Kier alpha value is -1.85. The van der Waals surface area contributed by atoms with Gasteiger partial charge in [0.1, 0.15) is 0 Å². The van der Waals surface area contributed by atoms with Gasteiger partial charge in [-0.05, 0) is 32.6 Å². The zero-order valence-electron chi connectivity index (χ0n) is 21.2. The molecule has 0 saturated heterocycles. The summed E-state index contributed by atoms with van der Waals surface area (Å²) < 4.78 is 134. The molecule has 0 amide bonds. The van der Waals surface area contributed by atoms with Crippen LogP contribution in [0.5, 0.6) is 0 Å². The maximum atomic E-state index is 12.2. The van der Waals surface area contributed by atoms with Crippen LogP contribution in [0.2, 0.25) is 0 Å². The summed E-state index contributed by atoms with van der Waals surface area (Å²) >= 11 is 0. The first-order valence-electron chi connectivity index (χ1n) is 10.8. The summed E-state index contributed by atoms with van der Waals surface area (Å²) in [5.41, 5.74) is 3.27. The first-order valence-corrected chi connectivity index (χ1v) is 13.3. The van der Waals surface area contributed by atoms with E-state index in [0.717, 1.165) is 8.58 Å². The summed E-state index contributed by atoms with van der Waals surface area (Å²) in [4.78, 5) is 0. The molecule has 1 N–H and O–H groups in total. The Morgan fingerprint density at radius 1 is 0.579 bits per heavy atom. The van der Waals surface area contributed by atoms with E-state index in [2.05, 4.69) is 90.1 Å². The van der Waals surface area contributed by atoms with Gasteiger partial charge in [-0.25, -0.2) is 0 Å². The number of hydrogen-bond acceptors (Lipinski definition) is 2. The third-order valence-corrected chi connectivity index (χ3v) is 7.38. The fraction of sp³-hybridized carbons (Fsp3) is 0.500. The Labute approximate surface area is 217 Å². The molecule has 0 aromatic heterocycles. The van der Waals surface area contributed by atoms with E-state index in [4.69, 9.17) is 4.55 Å².